The zero-order chi connectivity index (χ0) is 17.5. The van der Waals surface area contributed by atoms with E-state index in [1.807, 2.05) is 7.05 Å². The predicted octanol–water partition coefficient (Wildman–Crippen LogP) is 3.65. The highest BCUT2D eigenvalue weighted by atomic mass is 35.5. The van der Waals surface area contributed by atoms with Crippen molar-refractivity contribution >= 4 is 45.9 Å². The van der Waals surface area contributed by atoms with Crippen LogP contribution < -0.4 is 4.90 Å². The molecule has 2 aromatic rings. The molecule has 1 heterocycles. The number of fused-ring (bicyclic) bond motifs is 1. The van der Waals surface area contributed by atoms with Crippen molar-refractivity contribution in [3.8, 4) is 0 Å². The first-order valence-electron chi connectivity index (χ1n) is 8.11. The quantitative estimate of drug-likeness (QED) is 0.511. The Morgan fingerprint density at radius 2 is 1.96 bits per heavy atom. The molecule has 5 nitrogen and oxygen atoms in total. The fourth-order valence-electron chi connectivity index (χ4n) is 2.79. The molecule has 0 unspecified atom stereocenters. The largest absolute Gasteiger partial charge is 0.481 e. The monoisotopic (exact) mass is 371 g/mol. The number of hydrogen-bond donors (Lipinski definition) is 1. The van der Waals surface area contributed by atoms with E-state index in [2.05, 4.69) is 27.7 Å². The lowest BCUT2D eigenvalue weighted by molar-refractivity contribution is -0.137. The van der Waals surface area contributed by atoms with Crippen molar-refractivity contribution in [2.24, 2.45) is 7.05 Å². The van der Waals surface area contributed by atoms with Gasteiger partial charge in [0, 0.05) is 50.4 Å². The molecule has 0 radical (unpaired) electrons. The maximum atomic E-state index is 10.6. The maximum Gasteiger partial charge on any atom is 0.303 e. The van der Waals surface area contributed by atoms with E-state index < -0.39 is 5.97 Å². The smallest absolute Gasteiger partial charge is 0.303 e. The number of anilines is 1. The second-order valence-electron chi connectivity index (χ2n) is 5.73. The third kappa shape index (κ3) is 4.77. The Morgan fingerprint density at radius 1 is 1.25 bits per heavy atom. The third-order valence-electron chi connectivity index (χ3n) is 4.07. The number of carbonyl (C=O) groups is 1. The van der Waals surface area contributed by atoms with E-state index in [1.165, 1.54) is 0 Å². The van der Waals surface area contributed by atoms with Gasteiger partial charge in [0.1, 0.15) is 5.82 Å². The number of aryl methyl sites for hydroxylation is 2. The number of rotatable bonds is 10. The highest BCUT2D eigenvalue weighted by Crippen LogP contribution is 2.23. The topological polar surface area (TPSA) is 58.4 Å². The number of nitrogens with zero attached hydrogens (tertiary/aromatic N) is 3. The molecule has 1 aromatic carbocycles. The van der Waals surface area contributed by atoms with E-state index in [-0.39, 0.29) is 6.42 Å². The molecule has 0 aliphatic carbocycles. The summed E-state index contributed by atoms with van der Waals surface area (Å²) in [7, 11) is 2.00. The first kappa shape index (κ1) is 18.9. The minimum absolute atomic E-state index is 0.208. The van der Waals surface area contributed by atoms with E-state index in [0.29, 0.717) is 18.2 Å². The lowest BCUT2D eigenvalue weighted by Gasteiger charge is -2.22. The van der Waals surface area contributed by atoms with Crippen LogP contribution in [0.5, 0.6) is 0 Å². The summed E-state index contributed by atoms with van der Waals surface area (Å²) in [5.41, 5.74) is 3.08. The molecule has 1 aromatic heterocycles. The third-order valence-corrected chi connectivity index (χ3v) is 4.41. The molecule has 0 amide bonds. The van der Waals surface area contributed by atoms with Crippen LogP contribution in [-0.2, 0) is 18.3 Å². The molecular weight excluding hydrogens is 349 g/mol. The van der Waals surface area contributed by atoms with Gasteiger partial charge in [-0.2, -0.15) is 0 Å². The first-order valence-corrected chi connectivity index (χ1v) is 9.17. The van der Waals surface area contributed by atoms with Crippen molar-refractivity contribution < 1.29 is 9.90 Å². The van der Waals surface area contributed by atoms with Gasteiger partial charge in [0.25, 0.3) is 0 Å². The molecule has 0 bridgehead atoms. The number of aliphatic carboxylic acids is 1. The number of unbranched alkanes of at least 4 members (excludes halogenated alkanes) is 1. The van der Waals surface area contributed by atoms with Gasteiger partial charge in [0.2, 0.25) is 0 Å². The number of aromatic nitrogens is 2. The van der Waals surface area contributed by atoms with E-state index in [4.69, 9.17) is 33.3 Å². The summed E-state index contributed by atoms with van der Waals surface area (Å²) >= 11 is 11.8. The average molecular weight is 372 g/mol. The standard InChI is InChI=1S/C17H23Cl2N3O2/c1-21-15-7-6-13(22(10-8-18)11-9-19)12-14(15)20-16(21)4-2-3-5-17(23)24/h6-7,12H,2-5,8-11H2,1H3,(H,23,24). The van der Waals surface area contributed by atoms with Gasteiger partial charge in [0.05, 0.1) is 11.0 Å². The predicted molar refractivity (Wildman–Crippen MR) is 99.6 cm³/mol. The van der Waals surface area contributed by atoms with Gasteiger partial charge in [-0.05, 0) is 31.0 Å². The molecule has 1 N–H and O–H groups in total. The first-order chi connectivity index (χ1) is 11.6. The number of benzene rings is 1. The fourth-order valence-corrected chi connectivity index (χ4v) is 3.20. The normalized spacial score (nSPS) is 11.1. The average Bonchev–Trinajstić information content (AvgIpc) is 2.87. The Kier molecular flexibility index (Phi) is 7.18. The van der Waals surface area contributed by atoms with E-state index in [9.17, 15) is 4.79 Å². The van der Waals surface area contributed by atoms with Gasteiger partial charge in [-0.25, -0.2) is 4.98 Å². The van der Waals surface area contributed by atoms with Gasteiger partial charge in [0.15, 0.2) is 0 Å². The van der Waals surface area contributed by atoms with Gasteiger partial charge in [-0.3, -0.25) is 4.79 Å². The maximum absolute atomic E-state index is 10.6. The van der Waals surface area contributed by atoms with Crippen LogP contribution in [-0.4, -0.2) is 45.5 Å². The van der Waals surface area contributed by atoms with Crippen molar-refractivity contribution in [3.05, 3.63) is 24.0 Å². The number of imidazole rings is 1. The molecule has 0 aliphatic heterocycles. The molecule has 0 aliphatic rings. The highest BCUT2D eigenvalue weighted by Gasteiger charge is 2.11. The molecule has 0 atom stereocenters. The van der Waals surface area contributed by atoms with Crippen LogP contribution in [0.1, 0.15) is 25.1 Å². The van der Waals surface area contributed by atoms with Crippen molar-refractivity contribution in [1.29, 1.82) is 0 Å². The van der Waals surface area contributed by atoms with Crippen molar-refractivity contribution in [2.45, 2.75) is 25.7 Å². The molecular formula is C17H23Cl2N3O2. The van der Waals surface area contributed by atoms with Crippen LogP contribution >= 0.6 is 23.2 Å². The SMILES string of the molecule is Cn1c(CCCCC(=O)O)nc2cc(N(CCCl)CCCl)ccc21. The van der Waals surface area contributed by atoms with Crippen molar-refractivity contribution in [3.63, 3.8) is 0 Å². The highest BCUT2D eigenvalue weighted by molar-refractivity contribution is 6.18. The summed E-state index contributed by atoms with van der Waals surface area (Å²) < 4.78 is 2.08. The van der Waals surface area contributed by atoms with E-state index in [0.717, 1.165) is 48.5 Å². The molecule has 7 heteroatoms. The minimum Gasteiger partial charge on any atom is -0.481 e. The Hall–Kier alpha value is -1.46. The van der Waals surface area contributed by atoms with Gasteiger partial charge < -0.3 is 14.6 Å². The summed E-state index contributed by atoms with van der Waals surface area (Å²) in [4.78, 5) is 17.5. The van der Waals surface area contributed by atoms with Gasteiger partial charge in [-0.1, -0.05) is 0 Å². The summed E-state index contributed by atoms with van der Waals surface area (Å²) in [5, 5.41) is 8.71. The number of alkyl halides is 2. The minimum atomic E-state index is -0.747. The van der Waals surface area contributed by atoms with Gasteiger partial charge in [-0.15, -0.1) is 23.2 Å². The van der Waals surface area contributed by atoms with Crippen LogP contribution in [0.3, 0.4) is 0 Å². The van der Waals surface area contributed by atoms with Crippen molar-refractivity contribution in [1.82, 2.24) is 9.55 Å². The number of carboxylic acid groups (broad SMARTS) is 1. The Morgan fingerprint density at radius 3 is 2.58 bits per heavy atom. The number of carboxylic acids is 1. The Balaban J connectivity index is 2.15. The number of hydrogen-bond acceptors (Lipinski definition) is 3. The van der Waals surface area contributed by atoms with E-state index in [1.54, 1.807) is 0 Å². The Bertz CT molecular complexity index is 682. The summed E-state index contributed by atoms with van der Waals surface area (Å²) in [6, 6.07) is 6.19. The van der Waals surface area contributed by atoms with Gasteiger partial charge >= 0.3 is 5.97 Å². The van der Waals surface area contributed by atoms with E-state index >= 15 is 0 Å². The molecule has 0 fully saturated rings. The second kappa shape index (κ2) is 9.14. The van der Waals surface area contributed by atoms with Crippen LogP contribution in [0.2, 0.25) is 0 Å². The molecule has 132 valence electrons. The lowest BCUT2D eigenvalue weighted by Crippen LogP contribution is -2.27. The number of halogens is 2. The fraction of sp³-hybridized carbons (Fsp3) is 0.529. The molecule has 0 saturated carbocycles. The lowest BCUT2D eigenvalue weighted by atomic mass is 10.2. The second-order valence-corrected chi connectivity index (χ2v) is 6.48. The van der Waals surface area contributed by atoms with Crippen LogP contribution in [0, 0.1) is 0 Å². The summed E-state index contributed by atoms with van der Waals surface area (Å²) in [5.74, 6) is 1.33. The molecule has 0 saturated heterocycles. The summed E-state index contributed by atoms with van der Waals surface area (Å²) in [6.45, 7) is 1.49. The Labute approximate surface area is 152 Å². The summed E-state index contributed by atoms with van der Waals surface area (Å²) in [6.07, 6.45) is 2.48. The molecule has 24 heavy (non-hydrogen) atoms. The molecule has 0 spiro atoms. The van der Waals surface area contributed by atoms with Crippen LogP contribution in [0.15, 0.2) is 18.2 Å². The van der Waals surface area contributed by atoms with Crippen LogP contribution in [0.25, 0.3) is 11.0 Å². The zero-order valence-corrected chi connectivity index (χ0v) is 15.4. The molecule has 2 rings (SSSR count). The van der Waals surface area contributed by atoms with Crippen molar-refractivity contribution in [2.75, 3.05) is 29.7 Å². The zero-order valence-electron chi connectivity index (χ0n) is 13.8. The van der Waals surface area contributed by atoms with Crippen LogP contribution in [0.4, 0.5) is 5.69 Å².